The number of nitrogens with one attached hydrogen (secondary N) is 2. The molecule has 0 saturated heterocycles. The van der Waals surface area contributed by atoms with Crippen molar-refractivity contribution in [1.29, 1.82) is 0 Å². The van der Waals surface area contributed by atoms with Gasteiger partial charge in [-0.3, -0.25) is 15.0 Å². The molecule has 0 fully saturated rings. The number of aromatic nitrogens is 5. The molecule has 0 bridgehead atoms. The maximum Gasteiger partial charge on any atom is 0.250 e. The largest absolute Gasteiger partial charge is 0.345 e. The van der Waals surface area contributed by atoms with E-state index in [2.05, 4.69) is 25.3 Å². The van der Waals surface area contributed by atoms with Crippen molar-refractivity contribution >= 4 is 33.3 Å². The van der Waals surface area contributed by atoms with Gasteiger partial charge in [0.05, 0.1) is 35.2 Å². The molecule has 35 heavy (non-hydrogen) atoms. The van der Waals surface area contributed by atoms with Gasteiger partial charge < -0.3 is 10.3 Å². The first-order valence-electron chi connectivity index (χ1n) is 11.3. The second kappa shape index (κ2) is 8.59. The van der Waals surface area contributed by atoms with Crippen LogP contribution in [0.5, 0.6) is 0 Å². The van der Waals surface area contributed by atoms with Gasteiger partial charge in [-0.15, -0.1) is 0 Å². The number of hydrogen-bond donors (Lipinski definition) is 2. The lowest BCUT2D eigenvalue weighted by Gasteiger charge is -2.23. The quantitative estimate of drug-likeness (QED) is 0.373. The Bertz CT molecular complexity index is 1590. The third-order valence-electron chi connectivity index (χ3n) is 6.24. The van der Waals surface area contributed by atoms with E-state index in [-0.39, 0.29) is 12.6 Å². The normalized spacial score (nSPS) is 15.5. The Morgan fingerprint density at radius 1 is 1.11 bits per heavy atom. The fourth-order valence-electron chi connectivity index (χ4n) is 4.43. The van der Waals surface area contributed by atoms with Crippen LogP contribution in [-0.4, -0.2) is 49.6 Å². The number of alkyl halides is 2. The number of rotatable bonds is 5. The third kappa shape index (κ3) is 4.04. The molecule has 1 aromatic carbocycles. The van der Waals surface area contributed by atoms with Crippen LogP contribution in [0.25, 0.3) is 44.6 Å². The number of aromatic amines is 1. The summed E-state index contributed by atoms with van der Waals surface area (Å²) < 4.78 is 25.4. The molecule has 4 aromatic heterocycles. The highest BCUT2D eigenvalue weighted by molar-refractivity contribution is 5.94. The molecular weight excluding hydrogens is 448 g/mol. The molecule has 2 N–H and O–H groups in total. The van der Waals surface area contributed by atoms with Gasteiger partial charge in [0.2, 0.25) is 0 Å². The summed E-state index contributed by atoms with van der Waals surface area (Å²) in [4.78, 5) is 26.3. The Morgan fingerprint density at radius 2 is 2.03 bits per heavy atom. The molecule has 5 aromatic rings. The van der Waals surface area contributed by atoms with Crippen LogP contribution in [-0.2, 0) is 6.42 Å². The minimum atomic E-state index is -2.41. The zero-order valence-corrected chi connectivity index (χ0v) is 18.8. The van der Waals surface area contributed by atoms with Gasteiger partial charge in [-0.2, -0.15) is 0 Å². The molecule has 0 radical (unpaired) electrons. The minimum absolute atomic E-state index is 0.259. The topological polar surface area (TPSA) is 91.7 Å². The van der Waals surface area contributed by atoms with E-state index >= 15 is 0 Å². The number of benzene rings is 1. The molecule has 1 atom stereocenters. The zero-order valence-electron chi connectivity index (χ0n) is 18.8. The summed E-state index contributed by atoms with van der Waals surface area (Å²) in [6.45, 7) is 1.48. The monoisotopic (exact) mass is 469 g/mol. The lowest BCUT2D eigenvalue weighted by atomic mass is 10.0. The van der Waals surface area contributed by atoms with Gasteiger partial charge in [0.15, 0.2) is 5.82 Å². The summed E-state index contributed by atoms with van der Waals surface area (Å²) in [5.41, 5.74) is 6.49. The van der Waals surface area contributed by atoms with Crippen LogP contribution in [0.3, 0.4) is 0 Å². The molecule has 174 valence electrons. The highest BCUT2D eigenvalue weighted by atomic mass is 19.3. The Labute approximate surface area is 199 Å². The van der Waals surface area contributed by atoms with E-state index in [1.54, 1.807) is 12.4 Å². The van der Waals surface area contributed by atoms with Crippen molar-refractivity contribution in [3.63, 3.8) is 0 Å². The Hall–Kier alpha value is -4.11. The number of H-pyrrole nitrogens is 1. The summed E-state index contributed by atoms with van der Waals surface area (Å²) in [6, 6.07) is 13.4. The first kappa shape index (κ1) is 21.4. The summed E-state index contributed by atoms with van der Waals surface area (Å²) in [6.07, 6.45) is 3.53. The number of pyridine rings is 2. The zero-order chi connectivity index (χ0) is 23.9. The van der Waals surface area contributed by atoms with Gasteiger partial charge in [0.1, 0.15) is 5.65 Å². The standard InChI is InChI=1S/C26H21F2N7/c1-14-22(30-13-24(27)28)10-23-21(33-14)7-6-20(34-23)17-11-32-26-18(17)12-31-25(35-26)16-4-5-19-15(9-16)3-2-8-29-19/h2-9,11-12,22,24,30H,10,13H2,1H3,(H,31,32,35). The number of fused-ring (bicyclic) bond motifs is 3. The molecule has 0 spiro atoms. The fraction of sp³-hybridized carbons (Fsp3) is 0.192. The molecule has 7 nitrogen and oxygen atoms in total. The van der Waals surface area contributed by atoms with Crippen LogP contribution in [0.4, 0.5) is 14.5 Å². The van der Waals surface area contributed by atoms with Crippen molar-refractivity contribution in [3.05, 3.63) is 66.7 Å². The van der Waals surface area contributed by atoms with Crippen LogP contribution in [0.15, 0.2) is 66.0 Å². The van der Waals surface area contributed by atoms with Crippen LogP contribution >= 0.6 is 0 Å². The number of aliphatic imine (C=N–C) groups is 1. The van der Waals surface area contributed by atoms with E-state index in [9.17, 15) is 8.78 Å². The summed E-state index contributed by atoms with van der Waals surface area (Å²) in [5, 5.41) is 4.76. The van der Waals surface area contributed by atoms with Crippen LogP contribution in [0.2, 0.25) is 0 Å². The van der Waals surface area contributed by atoms with E-state index in [1.807, 2.05) is 55.6 Å². The van der Waals surface area contributed by atoms with E-state index in [0.717, 1.165) is 50.2 Å². The van der Waals surface area contributed by atoms with E-state index in [4.69, 9.17) is 9.97 Å². The number of nitrogens with zero attached hydrogens (tertiary/aromatic N) is 5. The van der Waals surface area contributed by atoms with Crippen molar-refractivity contribution < 1.29 is 8.78 Å². The maximum absolute atomic E-state index is 12.7. The third-order valence-corrected chi connectivity index (χ3v) is 6.24. The Balaban J connectivity index is 1.32. The Morgan fingerprint density at radius 3 is 2.91 bits per heavy atom. The van der Waals surface area contributed by atoms with Crippen molar-refractivity contribution in [3.8, 4) is 22.6 Å². The molecule has 0 amide bonds. The highest BCUT2D eigenvalue weighted by Crippen LogP contribution is 2.32. The number of hydrogen-bond acceptors (Lipinski definition) is 6. The average molecular weight is 469 g/mol. The van der Waals surface area contributed by atoms with Crippen LogP contribution < -0.4 is 5.32 Å². The maximum atomic E-state index is 12.7. The summed E-state index contributed by atoms with van der Waals surface area (Å²) in [7, 11) is 0. The molecule has 1 aliphatic heterocycles. The molecule has 1 aliphatic rings. The second-order valence-corrected chi connectivity index (χ2v) is 8.54. The van der Waals surface area contributed by atoms with Crippen molar-refractivity contribution in [2.75, 3.05) is 6.54 Å². The van der Waals surface area contributed by atoms with Crippen molar-refractivity contribution in [1.82, 2.24) is 30.2 Å². The van der Waals surface area contributed by atoms with E-state index in [0.29, 0.717) is 17.9 Å². The molecule has 0 aliphatic carbocycles. The van der Waals surface area contributed by atoms with Crippen molar-refractivity contribution in [2.45, 2.75) is 25.8 Å². The molecule has 6 rings (SSSR count). The van der Waals surface area contributed by atoms with Gasteiger partial charge in [-0.05, 0) is 43.3 Å². The van der Waals surface area contributed by atoms with Crippen LogP contribution in [0.1, 0.15) is 12.6 Å². The van der Waals surface area contributed by atoms with E-state index < -0.39 is 6.43 Å². The summed E-state index contributed by atoms with van der Waals surface area (Å²) in [5.74, 6) is 0.618. The van der Waals surface area contributed by atoms with Crippen LogP contribution in [0, 0.1) is 0 Å². The SMILES string of the molecule is CC1=Nc2ccc(-c3c[nH]c4nc(-c5ccc6ncccc6c5)ncc34)nc2CC1NCC(F)F. The predicted octanol–water partition coefficient (Wildman–Crippen LogP) is 5.11. The smallest absolute Gasteiger partial charge is 0.250 e. The van der Waals surface area contributed by atoms with Gasteiger partial charge in [-0.1, -0.05) is 6.07 Å². The summed E-state index contributed by atoms with van der Waals surface area (Å²) >= 11 is 0. The first-order chi connectivity index (χ1) is 17.0. The highest BCUT2D eigenvalue weighted by Gasteiger charge is 2.23. The molecule has 0 saturated carbocycles. The molecule has 5 heterocycles. The lowest BCUT2D eigenvalue weighted by Crippen LogP contribution is -2.41. The van der Waals surface area contributed by atoms with E-state index in [1.165, 1.54) is 0 Å². The van der Waals surface area contributed by atoms with Gasteiger partial charge in [0, 0.05) is 52.6 Å². The lowest BCUT2D eigenvalue weighted by molar-refractivity contribution is 0.144. The van der Waals surface area contributed by atoms with Crippen molar-refractivity contribution in [2.24, 2.45) is 4.99 Å². The van der Waals surface area contributed by atoms with Gasteiger partial charge in [0.25, 0.3) is 6.43 Å². The molecular formula is C26H21F2N7. The van der Waals surface area contributed by atoms with Gasteiger partial charge in [-0.25, -0.2) is 18.7 Å². The average Bonchev–Trinajstić information content (AvgIpc) is 3.30. The molecule has 9 heteroatoms. The first-order valence-corrected chi connectivity index (χ1v) is 11.3. The second-order valence-electron chi connectivity index (χ2n) is 8.54. The molecule has 1 unspecified atom stereocenters. The minimum Gasteiger partial charge on any atom is -0.345 e. The fourth-order valence-corrected chi connectivity index (χ4v) is 4.43. The Kier molecular flexibility index (Phi) is 5.26. The van der Waals surface area contributed by atoms with Gasteiger partial charge >= 0.3 is 0 Å². The predicted molar refractivity (Wildman–Crippen MR) is 132 cm³/mol. The number of halogens is 2.